The van der Waals surface area contributed by atoms with Crippen molar-refractivity contribution in [3.8, 4) is 17.1 Å². The van der Waals surface area contributed by atoms with Crippen LogP contribution in [0.5, 0.6) is 5.75 Å². The van der Waals surface area contributed by atoms with Crippen LogP contribution in [0.25, 0.3) is 11.4 Å². The monoisotopic (exact) mass is 406 g/mol. The molecule has 1 aliphatic heterocycles. The number of carbonyl (C=O) groups is 1. The number of nitrogens with zero attached hydrogens (tertiary/aromatic N) is 3. The van der Waals surface area contributed by atoms with Crippen molar-refractivity contribution in [2.45, 2.75) is 32.1 Å². The molecule has 3 aromatic rings. The number of para-hydroxylation sites is 2. The van der Waals surface area contributed by atoms with Crippen LogP contribution in [-0.4, -0.2) is 36.2 Å². The highest BCUT2D eigenvalue weighted by atomic mass is 16.5. The van der Waals surface area contributed by atoms with Crippen LogP contribution in [0.15, 0.2) is 53.1 Å². The molecule has 0 radical (unpaired) electrons. The maximum Gasteiger partial charge on any atom is 0.227 e. The van der Waals surface area contributed by atoms with Crippen molar-refractivity contribution < 1.29 is 14.1 Å². The number of benzene rings is 2. The summed E-state index contributed by atoms with van der Waals surface area (Å²) in [4.78, 5) is 19.3. The first-order chi connectivity index (χ1) is 14.7. The molecule has 156 valence electrons. The first-order valence-corrected chi connectivity index (χ1v) is 10.3. The van der Waals surface area contributed by atoms with Gasteiger partial charge in [0.2, 0.25) is 17.6 Å². The Morgan fingerprint density at radius 3 is 2.63 bits per heavy atom. The molecular weight excluding hydrogens is 380 g/mol. The Morgan fingerprint density at radius 1 is 1.10 bits per heavy atom. The average Bonchev–Trinajstić information content (AvgIpc) is 3.28. The Balaban J connectivity index is 1.35. The van der Waals surface area contributed by atoms with E-state index < -0.39 is 0 Å². The zero-order valence-electron chi connectivity index (χ0n) is 17.1. The van der Waals surface area contributed by atoms with Gasteiger partial charge in [-0.1, -0.05) is 17.3 Å². The van der Waals surface area contributed by atoms with E-state index in [9.17, 15) is 4.79 Å². The van der Waals surface area contributed by atoms with Crippen molar-refractivity contribution in [1.29, 1.82) is 0 Å². The number of aryl methyl sites for hydroxylation is 1. The van der Waals surface area contributed by atoms with Crippen molar-refractivity contribution >= 4 is 17.3 Å². The van der Waals surface area contributed by atoms with Crippen molar-refractivity contribution in [3.05, 3.63) is 54.4 Å². The second kappa shape index (κ2) is 9.43. The maximum absolute atomic E-state index is 12.5. The van der Waals surface area contributed by atoms with E-state index in [1.807, 2.05) is 42.5 Å². The van der Waals surface area contributed by atoms with Crippen molar-refractivity contribution in [1.82, 2.24) is 10.1 Å². The summed E-state index contributed by atoms with van der Waals surface area (Å²) >= 11 is 0. The highest BCUT2D eigenvalue weighted by Crippen LogP contribution is 2.28. The topological polar surface area (TPSA) is 80.5 Å². The summed E-state index contributed by atoms with van der Waals surface area (Å²) in [7, 11) is 1.62. The number of hydrogen-bond donors (Lipinski definition) is 1. The Morgan fingerprint density at radius 2 is 1.87 bits per heavy atom. The molecule has 0 aliphatic carbocycles. The Bertz CT molecular complexity index is 978. The number of piperidine rings is 1. The molecule has 1 N–H and O–H groups in total. The zero-order chi connectivity index (χ0) is 20.8. The van der Waals surface area contributed by atoms with E-state index in [-0.39, 0.29) is 12.3 Å². The van der Waals surface area contributed by atoms with Crippen LogP contribution >= 0.6 is 0 Å². The summed E-state index contributed by atoms with van der Waals surface area (Å²) in [6.45, 7) is 2.06. The van der Waals surface area contributed by atoms with E-state index in [1.165, 1.54) is 19.3 Å². The van der Waals surface area contributed by atoms with Gasteiger partial charge < -0.3 is 19.5 Å². The number of hydrogen-bond acceptors (Lipinski definition) is 6. The molecule has 0 saturated carbocycles. The van der Waals surface area contributed by atoms with Crippen LogP contribution in [0.4, 0.5) is 11.4 Å². The van der Waals surface area contributed by atoms with Gasteiger partial charge in [0.15, 0.2) is 0 Å². The first kappa shape index (κ1) is 19.9. The molecule has 30 heavy (non-hydrogen) atoms. The molecular formula is C23H26N4O3. The number of nitrogens with one attached hydrogen (secondary N) is 1. The van der Waals surface area contributed by atoms with Gasteiger partial charge in [-0.2, -0.15) is 4.98 Å². The minimum absolute atomic E-state index is 0.0661. The third-order valence-corrected chi connectivity index (χ3v) is 5.26. The van der Waals surface area contributed by atoms with E-state index in [1.54, 1.807) is 7.11 Å². The van der Waals surface area contributed by atoms with Gasteiger partial charge in [0.25, 0.3) is 0 Å². The molecule has 2 heterocycles. The molecule has 1 fully saturated rings. The smallest absolute Gasteiger partial charge is 0.227 e. The summed E-state index contributed by atoms with van der Waals surface area (Å²) in [6, 6.07) is 15.4. The quantitative estimate of drug-likeness (QED) is 0.630. The molecule has 1 aromatic heterocycles. The third kappa shape index (κ3) is 4.79. The molecule has 0 spiro atoms. The van der Waals surface area contributed by atoms with Crippen LogP contribution < -0.4 is 15.0 Å². The van der Waals surface area contributed by atoms with Crippen LogP contribution in [-0.2, 0) is 11.2 Å². The van der Waals surface area contributed by atoms with Crippen LogP contribution in [0.1, 0.15) is 31.6 Å². The second-order valence-corrected chi connectivity index (χ2v) is 7.35. The van der Waals surface area contributed by atoms with Gasteiger partial charge in [-0.15, -0.1) is 0 Å². The third-order valence-electron chi connectivity index (χ3n) is 5.26. The lowest BCUT2D eigenvalue weighted by Crippen LogP contribution is -2.30. The molecule has 0 unspecified atom stereocenters. The van der Waals surface area contributed by atoms with Crippen LogP contribution in [0.3, 0.4) is 0 Å². The molecule has 2 aromatic carbocycles. The van der Waals surface area contributed by atoms with Crippen LogP contribution in [0, 0.1) is 0 Å². The van der Waals surface area contributed by atoms with Crippen molar-refractivity contribution in [2.75, 3.05) is 30.4 Å². The molecule has 4 rings (SSSR count). The molecule has 7 nitrogen and oxygen atoms in total. The van der Waals surface area contributed by atoms with Crippen LogP contribution in [0.2, 0.25) is 0 Å². The van der Waals surface area contributed by atoms with Gasteiger partial charge in [-0.3, -0.25) is 4.79 Å². The summed E-state index contributed by atoms with van der Waals surface area (Å²) in [6.07, 6.45) is 4.32. The number of carbonyl (C=O) groups excluding carboxylic acids is 1. The average molecular weight is 406 g/mol. The largest absolute Gasteiger partial charge is 0.497 e. The zero-order valence-corrected chi connectivity index (χ0v) is 17.1. The number of methoxy groups -OCH3 is 1. The number of anilines is 2. The number of aromatic nitrogens is 2. The van der Waals surface area contributed by atoms with Gasteiger partial charge >= 0.3 is 0 Å². The Labute approximate surface area is 176 Å². The van der Waals surface area contributed by atoms with E-state index in [0.717, 1.165) is 35.8 Å². The summed E-state index contributed by atoms with van der Waals surface area (Å²) in [5.41, 5.74) is 2.78. The second-order valence-electron chi connectivity index (χ2n) is 7.35. The standard InChI is InChI=1S/C23H26N4O3/c1-29-18-11-9-17(10-12-18)23-25-22(30-26-23)14-13-21(28)24-19-7-3-4-8-20(19)27-15-5-2-6-16-27/h3-4,7-12H,2,5-6,13-16H2,1H3,(H,24,28). The molecule has 1 amide bonds. The molecule has 1 aliphatic rings. The predicted octanol–water partition coefficient (Wildman–Crippen LogP) is 4.31. The predicted molar refractivity (Wildman–Crippen MR) is 116 cm³/mol. The maximum atomic E-state index is 12.5. The minimum atomic E-state index is -0.0661. The number of amides is 1. The highest BCUT2D eigenvalue weighted by Gasteiger charge is 2.16. The van der Waals surface area contributed by atoms with Gasteiger partial charge in [0, 0.05) is 31.5 Å². The number of ether oxygens (including phenoxy) is 1. The normalized spacial score (nSPS) is 13.8. The first-order valence-electron chi connectivity index (χ1n) is 10.3. The number of rotatable bonds is 7. The molecule has 0 bridgehead atoms. The highest BCUT2D eigenvalue weighted by molar-refractivity contribution is 5.94. The van der Waals surface area contributed by atoms with Gasteiger partial charge in [-0.25, -0.2) is 0 Å². The molecule has 0 atom stereocenters. The summed E-state index contributed by atoms with van der Waals surface area (Å²) < 4.78 is 10.5. The lowest BCUT2D eigenvalue weighted by atomic mass is 10.1. The van der Waals surface area contributed by atoms with E-state index in [4.69, 9.17) is 9.26 Å². The lowest BCUT2D eigenvalue weighted by Gasteiger charge is -2.30. The minimum Gasteiger partial charge on any atom is -0.497 e. The summed E-state index contributed by atoms with van der Waals surface area (Å²) in [5.74, 6) is 1.65. The van der Waals surface area contributed by atoms with Crippen molar-refractivity contribution in [3.63, 3.8) is 0 Å². The summed E-state index contributed by atoms with van der Waals surface area (Å²) in [5, 5.41) is 7.06. The Kier molecular flexibility index (Phi) is 6.27. The molecule has 7 heteroatoms. The van der Waals surface area contributed by atoms with Gasteiger partial charge in [0.05, 0.1) is 18.5 Å². The van der Waals surface area contributed by atoms with Gasteiger partial charge in [0.1, 0.15) is 5.75 Å². The fourth-order valence-electron chi connectivity index (χ4n) is 3.64. The van der Waals surface area contributed by atoms with E-state index >= 15 is 0 Å². The van der Waals surface area contributed by atoms with E-state index in [0.29, 0.717) is 18.1 Å². The van der Waals surface area contributed by atoms with Crippen molar-refractivity contribution in [2.24, 2.45) is 0 Å². The Hall–Kier alpha value is -3.35. The van der Waals surface area contributed by atoms with E-state index in [2.05, 4.69) is 26.4 Å². The lowest BCUT2D eigenvalue weighted by molar-refractivity contribution is -0.116. The van der Waals surface area contributed by atoms with Gasteiger partial charge in [-0.05, 0) is 55.7 Å². The molecule has 1 saturated heterocycles. The fourth-order valence-corrected chi connectivity index (χ4v) is 3.64. The SMILES string of the molecule is COc1ccc(-c2noc(CCC(=O)Nc3ccccc3N3CCCCC3)n2)cc1. The fraction of sp³-hybridized carbons (Fsp3) is 0.348.